The largest absolute Gasteiger partial charge is 0.356 e. The van der Waals surface area contributed by atoms with Crippen molar-refractivity contribution in [1.29, 1.82) is 0 Å². The molecule has 0 aromatic carbocycles. The molecule has 1 aliphatic rings. The van der Waals surface area contributed by atoms with Gasteiger partial charge in [-0.2, -0.15) is 4.98 Å². The van der Waals surface area contributed by atoms with Crippen LogP contribution >= 0.6 is 24.0 Å². The van der Waals surface area contributed by atoms with Crippen molar-refractivity contribution in [3.63, 3.8) is 0 Å². The van der Waals surface area contributed by atoms with Gasteiger partial charge in [0, 0.05) is 39.0 Å². The average Bonchev–Trinajstić information content (AvgIpc) is 2.96. The Kier molecular flexibility index (Phi) is 7.66. The zero-order chi connectivity index (χ0) is 18.0. The minimum atomic E-state index is -3.06. The van der Waals surface area contributed by atoms with E-state index in [1.807, 2.05) is 18.7 Å². The van der Waals surface area contributed by atoms with Crippen molar-refractivity contribution in [2.45, 2.75) is 44.8 Å². The van der Waals surface area contributed by atoms with Gasteiger partial charge in [-0.25, -0.2) is 8.42 Å². The normalized spacial score (nSPS) is 19.6. The lowest BCUT2D eigenvalue weighted by Crippen LogP contribution is -2.57. The number of guanidine groups is 1. The summed E-state index contributed by atoms with van der Waals surface area (Å²) < 4.78 is 28.6. The van der Waals surface area contributed by atoms with Gasteiger partial charge in [0.25, 0.3) is 0 Å². The number of nitrogens with one attached hydrogen (secondary N) is 1. The second-order valence-corrected chi connectivity index (χ2v) is 9.67. The Morgan fingerprint density at radius 2 is 2.12 bits per heavy atom. The molecule has 0 amide bonds. The van der Waals surface area contributed by atoms with Crippen LogP contribution in [-0.4, -0.2) is 66.6 Å². The first-order chi connectivity index (χ1) is 11.2. The van der Waals surface area contributed by atoms with E-state index in [0.29, 0.717) is 43.7 Å². The molecule has 0 unspecified atom stereocenters. The van der Waals surface area contributed by atoms with Crippen LogP contribution < -0.4 is 5.32 Å². The van der Waals surface area contributed by atoms with Crippen LogP contribution in [0.4, 0.5) is 0 Å². The van der Waals surface area contributed by atoms with Gasteiger partial charge in [0.1, 0.15) is 0 Å². The first-order valence-corrected chi connectivity index (χ1v) is 9.82. The van der Waals surface area contributed by atoms with Crippen molar-refractivity contribution < 1.29 is 12.9 Å². The third-order valence-electron chi connectivity index (χ3n) is 4.18. The SMILES string of the molecule is CN=C(NCCc1nc(C(C)C)no1)N1CCS(=O)(=O)C(C)(C)C1.I. The molecule has 0 radical (unpaired) electrons. The third-order valence-corrected chi connectivity index (χ3v) is 6.71. The fourth-order valence-corrected chi connectivity index (χ4v) is 3.91. The van der Waals surface area contributed by atoms with Gasteiger partial charge in [-0.05, 0) is 13.8 Å². The smallest absolute Gasteiger partial charge is 0.228 e. The van der Waals surface area contributed by atoms with E-state index in [2.05, 4.69) is 20.4 Å². The highest BCUT2D eigenvalue weighted by atomic mass is 127. The van der Waals surface area contributed by atoms with Crippen molar-refractivity contribution in [1.82, 2.24) is 20.4 Å². The molecule has 144 valence electrons. The van der Waals surface area contributed by atoms with E-state index in [1.54, 1.807) is 20.9 Å². The van der Waals surface area contributed by atoms with E-state index in [4.69, 9.17) is 4.52 Å². The molecular formula is C15H28IN5O3S. The molecule has 0 saturated carbocycles. The van der Waals surface area contributed by atoms with Crippen LogP contribution in [-0.2, 0) is 16.3 Å². The minimum Gasteiger partial charge on any atom is -0.356 e. The van der Waals surface area contributed by atoms with Crippen LogP contribution in [0, 0.1) is 0 Å². The molecule has 25 heavy (non-hydrogen) atoms. The molecule has 1 saturated heterocycles. The molecule has 8 nitrogen and oxygen atoms in total. The van der Waals surface area contributed by atoms with E-state index in [1.165, 1.54) is 0 Å². The second kappa shape index (κ2) is 8.65. The number of nitrogens with zero attached hydrogens (tertiary/aromatic N) is 4. The van der Waals surface area contributed by atoms with Crippen LogP contribution in [0.5, 0.6) is 0 Å². The van der Waals surface area contributed by atoms with Crippen molar-refractivity contribution in [2.75, 3.05) is 32.4 Å². The fraction of sp³-hybridized carbons (Fsp3) is 0.800. The van der Waals surface area contributed by atoms with E-state index < -0.39 is 14.6 Å². The summed E-state index contributed by atoms with van der Waals surface area (Å²) in [5.74, 6) is 2.37. The molecule has 1 aromatic heterocycles. The quantitative estimate of drug-likeness (QED) is 0.391. The number of aromatic nitrogens is 2. The maximum atomic E-state index is 12.1. The topological polar surface area (TPSA) is 101 Å². The molecule has 10 heteroatoms. The molecule has 0 atom stereocenters. The van der Waals surface area contributed by atoms with Crippen LogP contribution in [0.3, 0.4) is 0 Å². The highest BCUT2D eigenvalue weighted by Gasteiger charge is 2.40. The minimum absolute atomic E-state index is 0. The van der Waals surface area contributed by atoms with Gasteiger partial charge in [-0.3, -0.25) is 4.99 Å². The zero-order valence-corrected chi connectivity index (χ0v) is 18.6. The molecular weight excluding hydrogens is 457 g/mol. The van der Waals surface area contributed by atoms with E-state index in [0.717, 1.165) is 0 Å². The Balaban J connectivity index is 0.00000312. The van der Waals surface area contributed by atoms with Gasteiger partial charge < -0.3 is 14.7 Å². The van der Waals surface area contributed by atoms with Crippen LogP contribution in [0.2, 0.25) is 0 Å². The number of aliphatic imine (C=N–C) groups is 1. The van der Waals surface area contributed by atoms with Crippen molar-refractivity contribution in [3.05, 3.63) is 11.7 Å². The number of rotatable bonds is 4. The molecule has 2 heterocycles. The van der Waals surface area contributed by atoms with E-state index in [9.17, 15) is 8.42 Å². The number of sulfone groups is 1. The predicted molar refractivity (Wildman–Crippen MR) is 108 cm³/mol. The molecule has 0 aliphatic carbocycles. The summed E-state index contributed by atoms with van der Waals surface area (Å²) in [4.78, 5) is 10.6. The summed E-state index contributed by atoms with van der Waals surface area (Å²) in [5, 5.41) is 7.18. The maximum absolute atomic E-state index is 12.1. The highest BCUT2D eigenvalue weighted by molar-refractivity contribution is 14.0. The first kappa shape index (κ1) is 22.1. The summed E-state index contributed by atoms with van der Waals surface area (Å²) in [6, 6.07) is 0. The Bertz CT molecular complexity index is 700. The molecule has 1 aliphatic heterocycles. The number of hydrogen-bond donors (Lipinski definition) is 1. The third kappa shape index (κ3) is 5.28. The van der Waals surface area contributed by atoms with E-state index >= 15 is 0 Å². The Morgan fingerprint density at radius 3 is 2.64 bits per heavy atom. The number of halogens is 1. The number of hydrogen-bond acceptors (Lipinski definition) is 6. The fourth-order valence-electron chi connectivity index (χ4n) is 2.54. The van der Waals surface area contributed by atoms with Gasteiger partial charge in [0.05, 0.1) is 10.5 Å². The average molecular weight is 485 g/mol. The summed E-state index contributed by atoms with van der Waals surface area (Å²) in [5.41, 5.74) is 0. The molecule has 1 N–H and O–H groups in total. The molecule has 1 fully saturated rings. The van der Waals surface area contributed by atoms with Crippen molar-refractivity contribution in [2.24, 2.45) is 4.99 Å². The van der Waals surface area contributed by atoms with Crippen LogP contribution in [0.1, 0.15) is 45.3 Å². The van der Waals surface area contributed by atoms with Gasteiger partial charge in [0.2, 0.25) is 5.89 Å². The van der Waals surface area contributed by atoms with Crippen molar-refractivity contribution in [3.8, 4) is 0 Å². The van der Waals surface area contributed by atoms with Gasteiger partial charge in [-0.1, -0.05) is 19.0 Å². The van der Waals surface area contributed by atoms with Gasteiger partial charge >= 0.3 is 0 Å². The monoisotopic (exact) mass is 485 g/mol. The maximum Gasteiger partial charge on any atom is 0.228 e. The lowest BCUT2D eigenvalue weighted by molar-refractivity contribution is 0.350. The Labute approximate surface area is 166 Å². The Hall–Kier alpha value is -0.910. The Morgan fingerprint density at radius 1 is 1.44 bits per heavy atom. The van der Waals surface area contributed by atoms with E-state index in [-0.39, 0.29) is 35.6 Å². The summed E-state index contributed by atoms with van der Waals surface area (Å²) in [6.45, 7) is 9.01. The molecule has 0 spiro atoms. The van der Waals surface area contributed by atoms with Gasteiger partial charge in [0.15, 0.2) is 21.6 Å². The van der Waals surface area contributed by atoms with Crippen LogP contribution in [0.15, 0.2) is 9.52 Å². The van der Waals surface area contributed by atoms with Gasteiger partial charge in [-0.15, -0.1) is 24.0 Å². The zero-order valence-electron chi connectivity index (χ0n) is 15.4. The lowest BCUT2D eigenvalue weighted by atomic mass is 10.2. The second-order valence-electron chi connectivity index (χ2n) is 6.93. The summed E-state index contributed by atoms with van der Waals surface area (Å²) in [6.07, 6.45) is 0.592. The van der Waals surface area contributed by atoms with Crippen LogP contribution in [0.25, 0.3) is 0 Å². The molecule has 1 aromatic rings. The molecule has 0 bridgehead atoms. The lowest BCUT2D eigenvalue weighted by Gasteiger charge is -2.39. The highest BCUT2D eigenvalue weighted by Crippen LogP contribution is 2.23. The van der Waals surface area contributed by atoms with Crippen molar-refractivity contribution >= 4 is 39.8 Å². The summed E-state index contributed by atoms with van der Waals surface area (Å²) >= 11 is 0. The molecule has 2 rings (SSSR count). The summed E-state index contributed by atoms with van der Waals surface area (Å²) in [7, 11) is -1.37. The predicted octanol–water partition coefficient (Wildman–Crippen LogP) is 1.44. The first-order valence-electron chi connectivity index (χ1n) is 8.16. The standard InChI is InChI=1S/C15H27N5O3S.HI/c1-11(2)13-18-12(23-19-13)6-7-17-14(16-5)20-8-9-24(21,22)15(3,4)10-20;/h11H,6-10H2,1-5H3,(H,16,17);1H.